The van der Waals surface area contributed by atoms with Crippen molar-refractivity contribution in [1.82, 2.24) is 10.1 Å². The van der Waals surface area contributed by atoms with Crippen LogP contribution in [0.3, 0.4) is 0 Å². The molecule has 3 rings (SSSR count). The zero-order chi connectivity index (χ0) is 16.2. The van der Waals surface area contributed by atoms with E-state index in [1.54, 1.807) is 6.08 Å². The van der Waals surface area contributed by atoms with E-state index in [1.165, 1.54) is 0 Å². The summed E-state index contributed by atoms with van der Waals surface area (Å²) in [7, 11) is 0. The molecule has 0 saturated heterocycles. The molecule has 0 aliphatic heterocycles. The number of nitrogens with zero attached hydrogens (tertiary/aromatic N) is 3. The summed E-state index contributed by atoms with van der Waals surface area (Å²) in [5.41, 5.74) is 4.42. The lowest BCUT2D eigenvalue weighted by Crippen LogP contribution is -1.84. The second-order valence-corrected chi connectivity index (χ2v) is 5.37. The summed E-state index contributed by atoms with van der Waals surface area (Å²) in [5.74, 6) is 0.704. The topological polar surface area (TPSA) is 62.7 Å². The largest absolute Gasteiger partial charge is 0.333 e. The lowest BCUT2D eigenvalue weighted by Gasteiger charge is -1.96. The molecule has 0 aliphatic carbocycles. The van der Waals surface area contributed by atoms with Crippen LogP contribution in [0.5, 0.6) is 0 Å². The van der Waals surface area contributed by atoms with Gasteiger partial charge in [-0.15, -0.1) is 0 Å². The third-order valence-corrected chi connectivity index (χ3v) is 3.44. The van der Waals surface area contributed by atoms with E-state index in [-0.39, 0.29) is 5.89 Å². The monoisotopic (exact) mass is 301 g/mol. The summed E-state index contributed by atoms with van der Waals surface area (Å²) in [6, 6.07) is 17.8. The Labute approximate surface area is 134 Å². The number of hydrogen-bond donors (Lipinski definition) is 0. The summed E-state index contributed by atoms with van der Waals surface area (Å²) in [6.45, 7) is 4.02. The van der Waals surface area contributed by atoms with Gasteiger partial charge in [-0.05, 0) is 25.5 Å². The minimum Gasteiger partial charge on any atom is -0.333 e. The van der Waals surface area contributed by atoms with Gasteiger partial charge in [0.15, 0.2) is 0 Å². The molecule has 0 N–H and O–H groups in total. The molecular formula is C19H15N3O. The average molecular weight is 301 g/mol. The Kier molecular flexibility index (Phi) is 4.03. The molecule has 2 aromatic carbocycles. The Morgan fingerprint density at radius 2 is 1.87 bits per heavy atom. The van der Waals surface area contributed by atoms with Crippen LogP contribution in [0, 0.1) is 25.2 Å². The molecule has 0 fully saturated rings. The van der Waals surface area contributed by atoms with E-state index in [1.807, 2.05) is 62.4 Å². The fourth-order valence-electron chi connectivity index (χ4n) is 2.22. The Balaban J connectivity index is 1.94. The molecule has 1 heterocycles. The van der Waals surface area contributed by atoms with Crippen molar-refractivity contribution < 1.29 is 4.52 Å². The molecule has 112 valence electrons. The lowest BCUT2D eigenvalue weighted by atomic mass is 10.1. The highest BCUT2D eigenvalue weighted by Gasteiger charge is 2.12. The molecule has 0 saturated carbocycles. The van der Waals surface area contributed by atoms with Crippen molar-refractivity contribution >= 4 is 11.6 Å². The molecule has 1 aromatic heterocycles. The maximum absolute atomic E-state index is 9.38. The van der Waals surface area contributed by atoms with Gasteiger partial charge in [0, 0.05) is 5.56 Å². The number of rotatable bonds is 3. The van der Waals surface area contributed by atoms with E-state index in [2.05, 4.69) is 16.2 Å². The fraction of sp³-hybridized carbons (Fsp3) is 0.105. The molecule has 0 bridgehead atoms. The normalized spacial score (nSPS) is 11.3. The van der Waals surface area contributed by atoms with Crippen molar-refractivity contribution in [3.05, 3.63) is 71.1 Å². The maximum Gasteiger partial charge on any atom is 0.268 e. The summed E-state index contributed by atoms with van der Waals surface area (Å²) in [4.78, 5) is 4.33. The maximum atomic E-state index is 9.38. The zero-order valence-electron chi connectivity index (χ0n) is 12.9. The van der Waals surface area contributed by atoms with Crippen LogP contribution >= 0.6 is 0 Å². The summed E-state index contributed by atoms with van der Waals surface area (Å²) < 4.78 is 5.25. The molecule has 0 unspecified atom stereocenters. The number of benzene rings is 2. The van der Waals surface area contributed by atoms with Crippen molar-refractivity contribution in [2.45, 2.75) is 13.8 Å². The van der Waals surface area contributed by atoms with E-state index < -0.39 is 0 Å². The second-order valence-electron chi connectivity index (χ2n) is 5.37. The lowest BCUT2D eigenvalue weighted by molar-refractivity contribution is 0.409. The predicted molar refractivity (Wildman–Crippen MR) is 89.1 cm³/mol. The summed E-state index contributed by atoms with van der Waals surface area (Å²) >= 11 is 0. The van der Waals surface area contributed by atoms with Crippen molar-refractivity contribution in [2.75, 3.05) is 0 Å². The van der Waals surface area contributed by atoms with Gasteiger partial charge in [-0.2, -0.15) is 10.2 Å². The first-order chi connectivity index (χ1) is 11.2. The Morgan fingerprint density at radius 1 is 1.09 bits per heavy atom. The summed E-state index contributed by atoms with van der Waals surface area (Å²) in [5, 5.41) is 13.3. The van der Waals surface area contributed by atoms with Gasteiger partial charge in [0.2, 0.25) is 5.82 Å². The fourth-order valence-corrected chi connectivity index (χ4v) is 2.22. The van der Waals surface area contributed by atoms with Crippen LogP contribution in [0.1, 0.15) is 22.6 Å². The van der Waals surface area contributed by atoms with E-state index in [0.29, 0.717) is 11.4 Å². The number of nitriles is 1. The molecule has 23 heavy (non-hydrogen) atoms. The van der Waals surface area contributed by atoms with Crippen LogP contribution in [0.15, 0.2) is 53.1 Å². The molecule has 4 nitrogen and oxygen atoms in total. The predicted octanol–water partition coefficient (Wildman–Crippen LogP) is 4.42. The smallest absolute Gasteiger partial charge is 0.268 e. The zero-order valence-corrected chi connectivity index (χ0v) is 12.9. The molecular weight excluding hydrogens is 286 g/mol. The molecule has 0 spiro atoms. The average Bonchev–Trinajstić information content (AvgIpc) is 3.03. The third kappa shape index (κ3) is 3.35. The Hall–Kier alpha value is -3.19. The van der Waals surface area contributed by atoms with Gasteiger partial charge in [0.25, 0.3) is 5.89 Å². The first kappa shape index (κ1) is 14.7. The molecule has 0 amide bonds. The quantitative estimate of drug-likeness (QED) is 0.672. The molecule has 3 aromatic rings. The van der Waals surface area contributed by atoms with Crippen molar-refractivity contribution in [3.8, 4) is 17.5 Å². The van der Waals surface area contributed by atoms with Gasteiger partial charge >= 0.3 is 0 Å². The van der Waals surface area contributed by atoms with E-state index in [9.17, 15) is 5.26 Å². The first-order valence-corrected chi connectivity index (χ1v) is 7.25. The number of aromatic nitrogens is 2. The molecule has 0 radical (unpaired) electrons. The highest BCUT2D eigenvalue weighted by molar-refractivity contribution is 5.86. The van der Waals surface area contributed by atoms with Crippen LogP contribution in [-0.4, -0.2) is 10.1 Å². The van der Waals surface area contributed by atoms with Gasteiger partial charge in [-0.1, -0.05) is 64.8 Å². The summed E-state index contributed by atoms with van der Waals surface area (Å²) in [6.07, 6.45) is 1.75. The van der Waals surface area contributed by atoms with Crippen LogP contribution in [-0.2, 0) is 0 Å². The van der Waals surface area contributed by atoms with E-state index in [0.717, 1.165) is 22.3 Å². The van der Waals surface area contributed by atoms with Crippen LogP contribution < -0.4 is 0 Å². The van der Waals surface area contributed by atoms with Gasteiger partial charge in [0.1, 0.15) is 11.6 Å². The van der Waals surface area contributed by atoms with Crippen LogP contribution in [0.4, 0.5) is 0 Å². The van der Waals surface area contributed by atoms with Crippen LogP contribution in [0.2, 0.25) is 0 Å². The highest BCUT2D eigenvalue weighted by Crippen LogP contribution is 2.21. The van der Waals surface area contributed by atoms with Gasteiger partial charge in [-0.3, -0.25) is 0 Å². The third-order valence-electron chi connectivity index (χ3n) is 3.44. The molecule has 0 atom stereocenters. The molecule has 4 heteroatoms. The van der Waals surface area contributed by atoms with Gasteiger partial charge in [-0.25, -0.2) is 0 Å². The Morgan fingerprint density at radius 3 is 2.57 bits per heavy atom. The number of allylic oxidation sites excluding steroid dienone is 1. The number of aryl methyl sites for hydroxylation is 2. The highest BCUT2D eigenvalue weighted by atomic mass is 16.5. The second kappa shape index (κ2) is 6.29. The van der Waals surface area contributed by atoms with Gasteiger partial charge in [0.05, 0.1) is 0 Å². The van der Waals surface area contributed by atoms with Crippen LogP contribution in [0.25, 0.3) is 23.0 Å². The first-order valence-electron chi connectivity index (χ1n) is 7.25. The number of hydrogen-bond acceptors (Lipinski definition) is 4. The standard InChI is InChI=1S/C19H15N3O/c1-13-6-8-16(9-7-13)18-21-19(23-22-18)17(12-20)11-15-5-3-4-14(2)10-15/h3-11H,1-2H3/b17-11+. The van der Waals surface area contributed by atoms with Crippen molar-refractivity contribution in [3.63, 3.8) is 0 Å². The van der Waals surface area contributed by atoms with Crippen molar-refractivity contribution in [1.29, 1.82) is 5.26 Å². The van der Waals surface area contributed by atoms with E-state index in [4.69, 9.17) is 4.52 Å². The Bertz CT molecular complexity index is 899. The molecule has 0 aliphatic rings. The minimum absolute atomic E-state index is 0.226. The van der Waals surface area contributed by atoms with Gasteiger partial charge < -0.3 is 4.52 Å². The SMILES string of the molecule is Cc1ccc(-c2noc(/C(C#N)=C/c3cccc(C)c3)n2)cc1. The van der Waals surface area contributed by atoms with E-state index >= 15 is 0 Å². The van der Waals surface area contributed by atoms with Crippen molar-refractivity contribution in [2.24, 2.45) is 0 Å². The minimum atomic E-state index is 0.226.